The molecule has 0 spiro atoms. The molecule has 1 aromatic rings. The topological polar surface area (TPSA) is 164 Å². The summed E-state index contributed by atoms with van der Waals surface area (Å²) in [7, 11) is 1.59. The van der Waals surface area contributed by atoms with Crippen molar-refractivity contribution in [2.45, 2.75) is 13.5 Å². The van der Waals surface area contributed by atoms with Crippen LogP contribution in [0.4, 0.5) is 0 Å². The monoisotopic (exact) mass is 312 g/mol. The predicted octanol–water partition coefficient (Wildman–Crippen LogP) is 0.378. The van der Waals surface area contributed by atoms with Crippen LogP contribution in [0.2, 0.25) is 0 Å². The standard InChI is InChI=1S/C12H19N5O.HNO3/c1-3-18-10-7-5-4-6-9(10)8-16-12(15)17(2)11(13)14;2-1(3)4/h4-7H,3,8H2,1-2H3,(H3,13,14)(H2,15,16);(H,2,3,4). The summed E-state index contributed by atoms with van der Waals surface area (Å²) in [6, 6.07) is 7.64. The molecular formula is C12H20N6O4. The zero-order valence-corrected chi connectivity index (χ0v) is 12.4. The molecule has 0 heterocycles. The molecule has 0 bridgehead atoms. The van der Waals surface area contributed by atoms with Gasteiger partial charge in [0, 0.05) is 12.6 Å². The number of hydrogen-bond acceptors (Lipinski definition) is 5. The van der Waals surface area contributed by atoms with Crippen molar-refractivity contribution in [3.63, 3.8) is 0 Å². The second kappa shape index (κ2) is 9.80. The molecule has 1 aromatic carbocycles. The van der Waals surface area contributed by atoms with E-state index in [1.807, 2.05) is 31.2 Å². The molecule has 0 radical (unpaired) electrons. The van der Waals surface area contributed by atoms with E-state index in [0.717, 1.165) is 11.3 Å². The van der Waals surface area contributed by atoms with Crippen LogP contribution in [0.1, 0.15) is 12.5 Å². The highest BCUT2D eigenvalue weighted by molar-refractivity contribution is 5.95. The number of nitrogens with two attached hydrogens (primary N) is 2. The molecule has 0 amide bonds. The Morgan fingerprint density at radius 2 is 2.05 bits per heavy atom. The van der Waals surface area contributed by atoms with Crippen molar-refractivity contribution in [2.75, 3.05) is 13.7 Å². The third-order valence-electron chi connectivity index (χ3n) is 2.39. The number of benzene rings is 1. The lowest BCUT2D eigenvalue weighted by Crippen LogP contribution is -2.42. The predicted molar refractivity (Wildman–Crippen MR) is 81.4 cm³/mol. The third-order valence-corrected chi connectivity index (χ3v) is 2.39. The van der Waals surface area contributed by atoms with Gasteiger partial charge < -0.3 is 21.4 Å². The number of aliphatic imine (C=N–C) groups is 1. The molecule has 0 unspecified atom stereocenters. The van der Waals surface area contributed by atoms with Crippen LogP contribution < -0.4 is 16.2 Å². The van der Waals surface area contributed by atoms with E-state index >= 15 is 0 Å². The summed E-state index contributed by atoms with van der Waals surface area (Å²) >= 11 is 0. The van der Waals surface area contributed by atoms with Gasteiger partial charge in [0.15, 0.2) is 11.9 Å². The van der Waals surface area contributed by atoms with Gasteiger partial charge in [-0.3, -0.25) is 10.3 Å². The number of ether oxygens (including phenoxy) is 1. The SMILES string of the molecule is CCOc1ccccc1CN=C(N)N(C)C(=N)N.O=[N+]([O-])O. The Morgan fingerprint density at radius 1 is 1.50 bits per heavy atom. The van der Waals surface area contributed by atoms with Crippen LogP contribution in [0.25, 0.3) is 0 Å². The summed E-state index contributed by atoms with van der Waals surface area (Å²) in [5.41, 5.74) is 12.0. The van der Waals surface area contributed by atoms with Gasteiger partial charge in [-0.05, 0) is 13.0 Å². The van der Waals surface area contributed by atoms with Crippen molar-refractivity contribution in [1.82, 2.24) is 4.90 Å². The summed E-state index contributed by atoms with van der Waals surface area (Å²) in [6.07, 6.45) is 0. The van der Waals surface area contributed by atoms with E-state index in [-0.39, 0.29) is 11.9 Å². The van der Waals surface area contributed by atoms with E-state index < -0.39 is 5.09 Å². The fourth-order valence-corrected chi connectivity index (χ4v) is 1.33. The van der Waals surface area contributed by atoms with Gasteiger partial charge in [0.1, 0.15) is 5.75 Å². The normalized spacial score (nSPS) is 10.2. The van der Waals surface area contributed by atoms with Gasteiger partial charge in [0.05, 0.1) is 13.2 Å². The Labute approximate surface area is 127 Å². The molecule has 10 nitrogen and oxygen atoms in total. The van der Waals surface area contributed by atoms with Crippen LogP contribution in [0.3, 0.4) is 0 Å². The number of rotatable bonds is 4. The van der Waals surface area contributed by atoms with Gasteiger partial charge in [-0.1, -0.05) is 18.2 Å². The van der Waals surface area contributed by atoms with Crippen LogP contribution in [-0.4, -0.2) is 40.8 Å². The second-order valence-electron chi connectivity index (χ2n) is 3.90. The van der Waals surface area contributed by atoms with Crippen molar-refractivity contribution < 1.29 is 15.0 Å². The zero-order valence-electron chi connectivity index (χ0n) is 12.4. The zero-order chi connectivity index (χ0) is 17.1. The third kappa shape index (κ3) is 7.53. The molecule has 0 aliphatic rings. The van der Waals surface area contributed by atoms with Crippen molar-refractivity contribution in [3.8, 4) is 5.75 Å². The lowest BCUT2D eigenvalue weighted by molar-refractivity contribution is -0.742. The van der Waals surface area contributed by atoms with Crippen LogP contribution in [0.15, 0.2) is 29.3 Å². The molecule has 0 saturated carbocycles. The number of hydrogen-bond donors (Lipinski definition) is 4. The lowest BCUT2D eigenvalue weighted by Gasteiger charge is -2.15. The van der Waals surface area contributed by atoms with Gasteiger partial charge in [-0.2, -0.15) is 0 Å². The summed E-state index contributed by atoms with van der Waals surface area (Å²) in [5, 5.41) is 20.9. The highest BCUT2D eigenvalue weighted by atomic mass is 16.9. The first-order valence-corrected chi connectivity index (χ1v) is 6.21. The molecule has 6 N–H and O–H groups in total. The molecule has 10 heteroatoms. The number of nitrogens with one attached hydrogen (secondary N) is 1. The molecular weight excluding hydrogens is 292 g/mol. The first kappa shape index (κ1) is 19.0. The van der Waals surface area contributed by atoms with Crippen molar-refractivity contribution >= 4 is 11.9 Å². The first-order valence-electron chi connectivity index (χ1n) is 6.21. The smallest absolute Gasteiger partial charge is 0.291 e. The minimum Gasteiger partial charge on any atom is -0.494 e. The number of para-hydroxylation sites is 1. The maximum absolute atomic E-state index is 8.36. The fraction of sp³-hybridized carbons (Fsp3) is 0.333. The Bertz CT molecular complexity index is 530. The van der Waals surface area contributed by atoms with Crippen molar-refractivity contribution in [2.24, 2.45) is 16.5 Å². The Balaban J connectivity index is 0.000000980. The number of guanidine groups is 2. The summed E-state index contributed by atoms with van der Waals surface area (Å²) in [4.78, 5) is 13.8. The fourth-order valence-electron chi connectivity index (χ4n) is 1.33. The van der Waals surface area contributed by atoms with Crippen LogP contribution in [0.5, 0.6) is 5.75 Å². The van der Waals surface area contributed by atoms with E-state index in [0.29, 0.717) is 13.2 Å². The average Bonchev–Trinajstić information content (AvgIpc) is 2.44. The number of nitrogens with zero attached hydrogens (tertiary/aromatic N) is 3. The Morgan fingerprint density at radius 3 is 2.55 bits per heavy atom. The van der Waals surface area contributed by atoms with Crippen molar-refractivity contribution in [1.29, 1.82) is 5.41 Å². The molecule has 0 aliphatic heterocycles. The van der Waals surface area contributed by atoms with Crippen molar-refractivity contribution in [3.05, 3.63) is 39.9 Å². The molecule has 0 saturated heterocycles. The lowest BCUT2D eigenvalue weighted by atomic mass is 10.2. The van der Waals surface area contributed by atoms with E-state index in [2.05, 4.69) is 4.99 Å². The van der Waals surface area contributed by atoms with Crippen LogP contribution >= 0.6 is 0 Å². The van der Waals surface area contributed by atoms with E-state index in [1.165, 1.54) is 4.90 Å². The van der Waals surface area contributed by atoms with Gasteiger partial charge in [-0.25, -0.2) is 4.99 Å². The minimum absolute atomic E-state index is 0.144. The summed E-state index contributed by atoms with van der Waals surface area (Å²) in [6.45, 7) is 2.92. The molecule has 0 fully saturated rings. The highest BCUT2D eigenvalue weighted by Gasteiger charge is 2.05. The maximum Gasteiger partial charge on any atom is 0.291 e. The van der Waals surface area contributed by atoms with Gasteiger partial charge in [0.2, 0.25) is 0 Å². The molecule has 0 aliphatic carbocycles. The molecule has 0 aromatic heterocycles. The van der Waals surface area contributed by atoms with Gasteiger partial charge >= 0.3 is 0 Å². The quantitative estimate of drug-likeness (QED) is 0.270. The Hall–Kier alpha value is -3.04. The Kier molecular flexibility index (Phi) is 8.45. The maximum atomic E-state index is 8.36. The minimum atomic E-state index is -1.50. The van der Waals surface area contributed by atoms with Gasteiger partial charge in [-0.15, -0.1) is 10.1 Å². The van der Waals surface area contributed by atoms with Gasteiger partial charge in [0.25, 0.3) is 5.09 Å². The first-order chi connectivity index (χ1) is 10.3. The summed E-state index contributed by atoms with van der Waals surface area (Å²) < 4.78 is 5.49. The summed E-state index contributed by atoms with van der Waals surface area (Å²) in [5.74, 6) is 0.852. The molecule has 122 valence electrons. The highest BCUT2D eigenvalue weighted by Crippen LogP contribution is 2.18. The molecule has 22 heavy (non-hydrogen) atoms. The van der Waals surface area contributed by atoms with E-state index in [1.54, 1.807) is 7.05 Å². The van der Waals surface area contributed by atoms with E-state index in [4.69, 9.17) is 36.9 Å². The average molecular weight is 312 g/mol. The second-order valence-corrected chi connectivity index (χ2v) is 3.90. The molecule has 1 rings (SSSR count). The molecule has 0 atom stereocenters. The largest absolute Gasteiger partial charge is 0.494 e. The van der Waals surface area contributed by atoms with Crippen LogP contribution in [-0.2, 0) is 6.54 Å². The van der Waals surface area contributed by atoms with Crippen LogP contribution in [0, 0.1) is 15.5 Å². The van der Waals surface area contributed by atoms with E-state index in [9.17, 15) is 0 Å².